The highest BCUT2D eigenvalue weighted by atomic mass is 79.9. The Balaban J connectivity index is 1.67. The average molecular weight is 429 g/mol. The number of ether oxygens (including phenoxy) is 1. The third-order valence-corrected chi connectivity index (χ3v) is 4.05. The van der Waals surface area contributed by atoms with E-state index in [1.54, 1.807) is 6.20 Å². The summed E-state index contributed by atoms with van der Waals surface area (Å²) in [6, 6.07) is 13.6. The van der Waals surface area contributed by atoms with Gasteiger partial charge >= 0.3 is 6.09 Å². The topological polar surface area (TPSA) is 76.1 Å². The number of carbonyl (C=O) groups excluding carboxylic acids is 1. The third kappa shape index (κ3) is 5.65. The van der Waals surface area contributed by atoms with Crippen molar-refractivity contribution in [3.63, 3.8) is 0 Å². The van der Waals surface area contributed by atoms with Gasteiger partial charge in [0.25, 0.3) is 0 Å². The van der Waals surface area contributed by atoms with Crippen molar-refractivity contribution in [1.29, 1.82) is 0 Å². The first-order valence-corrected chi connectivity index (χ1v) is 9.33. The molecule has 6 nitrogen and oxygen atoms in total. The number of alkyl carbamates (subject to hydrolysis) is 1. The van der Waals surface area contributed by atoms with Crippen LogP contribution in [0.15, 0.2) is 53.1 Å². The van der Waals surface area contributed by atoms with Crippen LogP contribution in [0.4, 0.5) is 16.4 Å². The number of aromatic nitrogens is 2. The molecule has 0 fully saturated rings. The van der Waals surface area contributed by atoms with Gasteiger partial charge in [-0.25, -0.2) is 14.8 Å². The molecule has 0 spiro atoms. The van der Waals surface area contributed by atoms with E-state index in [1.165, 1.54) is 0 Å². The number of rotatable bonds is 4. The highest BCUT2D eigenvalue weighted by molar-refractivity contribution is 9.10. The van der Waals surface area contributed by atoms with Gasteiger partial charge in [-0.3, -0.25) is 0 Å². The van der Waals surface area contributed by atoms with Gasteiger partial charge in [0, 0.05) is 28.3 Å². The van der Waals surface area contributed by atoms with Crippen LogP contribution in [-0.2, 0) is 11.3 Å². The minimum absolute atomic E-state index is 0.372. The Hall–Kier alpha value is -2.67. The molecule has 3 aromatic rings. The summed E-state index contributed by atoms with van der Waals surface area (Å²) in [5.74, 6) is 0.516. The van der Waals surface area contributed by atoms with Crippen molar-refractivity contribution in [3.05, 3.63) is 58.7 Å². The summed E-state index contributed by atoms with van der Waals surface area (Å²) in [7, 11) is 0. The van der Waals surface area contributed by atoms with Gasteiger partial charge in [-0.1, -0.05) is 28.1 Å². The predicted octanol–water partition coefficient (Wildman–Crippen LogP) is 5.16. The largest absolute Gasteiger partial charge is 0.444 e. The van der Waals surface area contributed by atoms with Crippen molar-refractivity contribution in [2.75, 3.05) is 5.32 Å². The van der Waals surface area contributed by atoms with Crippen LogP contribution >= 0.6 is 15.9 Å². The fourth-order valence-corrected chi connectivity index (χ4v) is 2.82. The van der Waals surface area contributed by atoms with E-state index in [9.17, 15) is 4.79 Å². The van der Waals surface area contributed by atoms with Crippen molar-refractivity contribution in [3.8, 4) is 0 Å². The minimum atomic E-state index is -0.517. The fourth-order valence-electron chi connectivity index (χ4n) is 2.44. The summed E-state index contributed by atoms with van der Waals surface area (Å²) in [4.78, 5) is 20.7. The van der Waals surface area contributed by atoms with E-state index in [0.717, 1.165) is 26.6 Å². The molecule has 0 atom stereocenters. The molecule has 140 valence electrons. The average Bonchev–Trinajstić information content (AvgIpc) is 2.59. The van der Waals surface area contributed by atoms with Gasteiger partial charge in [0.05, 0.1) is 5.52 Å². The third-order valence-electron chi connectivity index (χ3n) is 3.56. The zero-order chi connectivity index (χ0) is 19.4. The Bertz CT molecular complexity index is 970. The van der Waals surface area contributed by atoms with E-state index < -0.39 is 11.7 Å². The van der Waals surface area contributed by atoms with Crippen LogP contribution in [0, 0.1) is 0 Å². The van der Waals surface area contributed by atoms with Crippen molar-refractivity contribution in [2.24, 2.45) is 0 Å². The molecule has 0 aliphatic carbocycles. The molecule has 0 aliphatic heterocycles. The van der Waals surface area contributed by atoms with Crippen LogP contribution in [-0.4, -0.2) is 21.7 Å². The number of amides is 1. The maximum absolute atomic E-state index is 11.8. The number of anilines is 2. The number of hydrogen-bond acceptors (Lipinski definition) is 5. The number of hydrogen-bond donors (Lipinski definition) is 2. The Morgan fingerprint density at radius 3 is 2.78 bits per heavy atom. The van der Waals surface area contributed by atoms with Crippen LogP contribution in [0.2, 0.25) is 0 Å². The molecule has 0 radical (unpaired) electrons. The zero-order valence-electron chi connectivity index (χ0n) is 15.4. The summed E-state index contributed by atoms with van der Waals surface area (Å²) < 4.78 is 6.24. The lowest BCUT2D eigenvalue weighted by molar-refractivity contribution is 0.0523. The summed E-state index contributed by atoms with van der Waals surface area (Å²) in [5.41, 5.74) is 2.13. The van der Waals surface area contributed by atoms with Crippen LogP contribution in [0.25, 0.3) is 10.9 Å². The van der Waals surface area contributed by atoms with E-state index in [-0.39, 0.29) is 0 Å². The molecule has 3 rings (SSSR count). The first-order chi connectivity index (χ1) is 12.8. The first kappa shape index (κ1) is 19.1. The van der Waals surface area contributed by atoms with E-state index >= 15 is 0 Å². The number of halogens is 1. The molecule has 0 bridgehead atoms. The van der Waals surface area contributed by atoms with Crippen LogP contribution in [0.5, 0.6) is 0 Å². The Morgan fingerprint density at radius 1 is 1.19 bits per heavy atom. The molecule has 2 N–H and O–H groups in total. The van der Waals surface area contributed by atoms with Gasteiger partial charge < -0.3 is 15.4 Å². The molecule has 2 aromatic carbocycles. The number of fused-ring (bicyclic) bond motifs is 1. The lowest BCUT2D eigenvalue weighted by atomic mass is 10.2. The lowest BCUT2D eigenvalue weighted by Gasteiger charge is -2.19. The van der Waals surface area contributed by atoms with Crippen molar-refractivity contribution >= 4 is 44.6 Å². The summed E-state index contributed by atoms with van der Waals surface area (Å²) in [5, 5.41) is 6.91. The molecular formula is C20H21BrN4O2. The number of carbonyl (C=O) groups is 1. The number of nitrogens with one attached hydrogen (secondary N) is 2. The van der Waals surface area contributed by atoms with Gasteiger partial charge in [0.2, 0.25) is 5.95 Å². The molecular weight excluding hydrogens is 408 g/mol. The molecule has 7 heteroatoms. The van der Waals surface area contributed by atoms with Crippen molar-refractivity contribution < 1.29 is 9.53 Å². The standard InChI is InChI=1S/C20H21BrN4O2/c1-20(2,3)27-19(26)23-11-13-5-4-6-16(9-13)24-18-22-12-14-10-15(21)7-8-17(14)25-18/h4-10,12H,11H2,1-3H3,(H,23,26)(H,22,24,25). The second kappa shape index (κ2) is 7.92. The second-order valence-electron chi connectivity index (χ2n) is 7.08. The maximum atomic E-state index is 11.8. The Morgan fingerprint density at radius 2 is 2.00 bits per heavy atom. The number of nitrogens with zero attached hydrogens (tertiary/aromatic N) is 2. The molecule has 0 saturated heterocycles. The van der Waals surface area contributed by atoms with E-state index in [0.29, 0.717) is 12.5 Å². The molecule has 0 unspecified atom stereocenters. The molecule has 0 aliphatic rings. The molecule has 1 amide bonds. The van der Waals surface area contributed by atoms with Crippen molar-refractivity contribution in [2.45, 2.75) is 32.9 Å². The van der Waals surface area contributed by atoms with Crippen LogP contribution in [0.3, 0.4) is 0 Å². The smallest absolute Gasteiger partial charge is 0.407 e. The second-order valence-corrected chi connectivity index (χ2v) is 7.99. The van der Waals surface area contributed by atoms with Gasteiger partial charge in [-0.05, 0) is 56.7 Å². The summed E-state index contributed by atoms with van der Waals surface area (Å²) >= 11 is 3.44. The highest BCUT2D eigenvalue weighted by Gasteiger charge is 2.15. The van der Waals surface area contributed by atoms with Gasteiger partial charge in [-0.2, -0.15) is 0 Å². The Labute approximate surface area is 166 Å². The SMILES string of the molecule is CC(C)(C)OC(=O)NCc1cccc(Nc2ncc3cc(Br)ccc3n2)c1. The molecule has 1 aromatic heterocycles. The highest BCUT2D eigenvalue weighted by Crippen LogP contribution is 2.20. The first-order valence-electron chi connectivity index (χ1n) is 8.54. The molecule has 1 heterocycles. The monoisotopic (exact) mass is 428 g/mol. The van der Waals surface area contributed by atoms with E-state index in [1.807, 2.05) is 63.2 Å². The van der Waals surface area contributed by atoms with Gasteiger partial charge in [0.1, 0.15) is 5.60 Å². The van der Waals surface area contributed by atoms with Crippen molar-refractivity contribution in [1.82, 2.24) is 15.3 Å². The lowest BCUT2D eigenvalue weighted by Crippen LogP contribution is -2.32. The summed E-state index contributed by atoms with van der Waals surface area (Å²) in [6.45, 7) is 5.87. The van der Waals surface area contributed by atoms with E-state index in [4.69, 9.17) is 4.74 Å². The van der Waals surface area contributed by atoms with E-state index in [2.05, 4.69) is 36.5 Å². The van der Waals surface area contributed by atoms with Gasteiger partial charge in [-0.15, -0.1) is 0 Å². The Kier molecular flexibility index (Phi) is 5.60. The molecule has 27 heavy (non-hydrogen) atoms. The van der Waals surface area contributed by atoms with Crippen LogP contribution in [0.1, 0.15) is 26.3 Å². The maximum Gasteiger partial charge on any atom is 0.407 e. The number of benzene rings is 2. The normalized spacial score (nSPS) is 11.3. The fraction of sp³-hybridized carbons (Fsp3) is 0.250. The molecule has 0 saturated carbocycles. The zero-order valence-corrected chi connectivity index (χ0v) is 17.0. The predicted molar refractivity (Wildman–Crippen MR) is 110 cm³/mol. The quantitative estimate of drug-likeness (QED) is 0.599. The summed E-state index contributed by atoms with van der Waals surface area (Å²) in [6.07, 6.45) is 1.34. The van der Waals surface area contributed by atoms with Crippen LogP contribution < -0.4 is 10.6 Å². The minimum Gasteiger partial charge on any atom is -0.444 e. The van der Waals surface area contributed by atoms with Gasteiger partial charge in [0.15, 0.2) is 0 Å².